The zero-order chi connectivity index (χ0) is 15.3. The van der Waals surface area contributed by atoms with E-state index in [9.17, 15) is 4.39 Å². The number of nitrogens with one attached hydrogen (secondary N) is 1. The Bertz CT molecular complexity index is 772. The maximum atomic E-state index is 14.3. The van der Waals surface area contributed by atoms with Crippen molar-refractivity contribution >= 4 is 28.9 Å². The summed E-state index contributed by atoms with van der Waals surface area (Å²) in [6, 6.07) is 10.8. The third-order valence-electron chi connectivity index (χ3n) is 4.66. The first-order valence-electron chi connectivity index (χ1n) is 7.32. The van der Waals surface area contributed by atoms with Crippen LogP contribution >= 0.6 is 23.2 Å². The lowest BCUT2D eigenvalue weighted by molar-refractivity contribution is 0.421. The molecule has 1 heterocycles. The molecule has 0 aromatic heterocycles. The van der Waals surface area contributed by atoms with Crippen molar-refractivity contribution in [3.8, 4) is 0 Å². The van der Waals surface area contributed by atoms with Crippen LogP contribution < -0.4 is 5.32 Å². The van der Waals surface area contributed by atoms with Gasteiger partial charge in [0.2, 0.25) is 0 Å². The van der Waals surface area contributed by atoms with Gasteiger partial charge >= 0.3 is 0 Å². The van der Waals surface area contributed by atoms with E-state index in [0.29, 0.717) is 21.7 Å². The lowest BCUT2D eigenvalue weighted by atomic mass is 9.77. The van der Waals surface area contributed by atoms with Gasteiger partial charge in [-0.05, 0) is 35.6 Å². The molecule has 22 heavy (non-hydrogen) atoms. The van der Waals surface area contributed by atoms with E-state index >= 15 is 0 Å². The van der Waals surface area contributed by atoms with Crippen molar-refractivity contribution in [1.82, 2.24) is 0 Å². The molecule has 3 unspecified atom stereocenters. The number of rotatable bonds is 1. The maximum absolute atomic E-state index is 14.3. The Labute approximate surface area is 138 Å². The molecule has 0 amide bonds. The number of allylic oxidation sites excluding steroid dienone is 2. The summed E-state index contributed by atoms with van der Waals surface area (Å²) in [5.74, 6) is 0.316. The number of benzene rings is 2. The van der Waals surface area contributed by atoms with Gasteiger partial charge in [0.1, 0.15) is 5.82 Å². The first-order valence-corrected chi connectivity index (χ1v) is 8.08. The molecule has 0 saturated heterocycles. The fourth-order valence-electron chi connectivity index (χ4n) is 3.65. The molecule has 2 aromatic carbocycles. The highest BCUT2D eigenvalue weighted by Crippen LogP contribution is 2.51. The number of para-hydroxylation sites is 1. The van der Waals surface area contributed by atoms with Crippen LogP contribution in [0.1, 0.15) is 29.5 Å². The predicted octanol–water partition coefficient (Wildman–Crippen LogP) is 5.96. The van der Waals surface area contributed by atoms with E-state index in [1.54, 1.807) is 12.1 Å². The highest BCUT2D eigenvalue weighted by molar-refractivity contribution is 6.42. The van der Waals surface area contributed by atoms with Crippen LogP contribution in [-0.2, 0) is 0 Å². The van der Waals surface area contributed by atoms with E-state index in [1.807, 2.05) is 18.2 Å². The molecular weight excluding hydrogens is 320 g/mol. The number of anilines is 1. The molecule has 0 bridgehead atoms. The summed E-state index contributed by atoms with van der Waals surface area (Å²) in [5, 5.41) is 4.44. The zero-order valence-corrected chi connectivity index (χ0v) is 13.2. The molecule has 0 spiro atoms. The molecular formula is C18H14Cl2FN. The maximum Gasteiger partial charge on any atom is 0.146 e. The van der Waals surface area contributed by atoms with Gasteiger partial charge in [-0.3, -0.25) is 0 Å². The molecule has 4 heteroatoms. The molecule has 3 atom stereocenters. The second-order valence-corrected chi connectivity index (χ2v) is 6.61. The van der Waals surface area contributed by atoms with E-state index in [4.69, 9.17) is 23.2 Å². The Kier molecular flexibility index (Phi) is 3.39. The van der Waals surface area contributed by atoms with Crippen LogP contribution in [0, 0.1) is 11.7 Å². The van der Waals surface area contributed by atoms with Crippen LogP contribution in [0.4, 0.5) is 10.1 Å². The number of hydrogen-bond acceptors (Lipinski definition) is 1. The Morgan fingerprint density at radius 1 is 1.05 bits per heavy atom. The monoisotopic (exact) mass is 333 g/mol. The smallest absolute Gasteiger partial charge is 0.146 e. The van der Waals surface area contributed by atoms with Gasteiger partial charge < -0.3 is 5.32 Å². The van der Waals surface area contributed by atoms with Crippen LogP contribution in [0.2, 0.25) is 10.0 Å². The van der Waals surface area contributed by atoms with E-state index in [-0.39, 0.29) is 17.8 Å². The normalized spacial score (nSPS) is 25.5. The van der Waals surface area contributed by atoms with Gasteiger partial charge in [0.05, 0.1) is 21.8 Å². The molecule has 2 aromatic rings. The third kappa shape index (κ3) is 2.05. The summed E-state index contributed by atoms with van der Waals surface area (Å²) >= 11 is 12.6. The van der Waals surface area contributed by atoms with Gasteiger partial charge in [0, 0.05) is 5.92 Å². The molecule has 0 saturated carbocycles. The van der Waals surface area contributed by atoms with Gasteiger partial charge in [0.25, 0.3) is 0 Å². The molecule has 2 aliphatic rings. The minimum absolute atomic E-state index is 0.0457. The predicted molar refractivity (Wildman–Crippen MR) is 89.2 cm³/mol. The highest BCUT2D eigenvalue weighted by atomic mass is 35.5. The van der Waals surface area contributed by atoms with Gasteiger partial charge in [-0.2, -0.15) is 0 Å². The van der Waals surface area contributed by atoms with Gasteiger partial charge in [-0.15, -0.1) is 0 Å². The van der Waals surface area contributed by atoms with Crippen LogP contribution in [0.5, 0.6) is 0 Å². The first-order chi connectivity index (χ1) is 10.7. The molecule has 0 radical (unpaired) electrons. The van der Waals surface area contributed by atoms with Crippen LogP contribution in [0.25, 0.3) is 0 Å². The summed E-state index contributed by atoms with van der Waals surface area (Å²) in [6.45, 7) is 0. The van der Waals surface area contributed by atoms with Gasteiger partial charge in [-0.1, -0.05) is 59.6 Å². The fourth-order valence-corrected chi connectivity index (χ4v) is 4.08. The standard InChI is InChI=1S/C18H14Cl2FN/c19-14-8-2-7-13(16(14)20)17-11-5-1-4-10(11)12-6-3-9-15(21)18(12)22-17/h1-4,6-11,17,22H,5H2. The highest BCUT2D eigenvalue weighted by Gasteiger charge is 2.39. The SMILES string of the molecule is Fc1cccc2c1NC(c1cccc(Cl)c1Cl)C1CC=CC21. The van der Waals surface area contributed by atoms with Crippen molar-refractivity contribution in [3.05, 3.63) is 75.5 Å². The lowest BCUT2D eigenvalue weighted by Crippen LogP contribution is -2.29. The molecule has 1 N–H and O–H groups in total. The van der Waals surface area contributed by atoms with Gasteiger partial charge in [0.15, 0.2) is 0 Å². The average molecular weight is 334 g/mol. The minimum Gasteiger partial charge on any atom is -0.375 e. The summed E-state index contributed by atoms with van der Waals surface area (Å²) in [5.41, 5.74) is 2.53. The Morgan fingerprint density at radius 3 is 2.68 bits per heavy atom. The Morgan fingerprint density at radius 2 is 1.82 bits per heavy atom. The summed E-state index contributed by atoms with van der Waals surface area (Å²) in [7, 11) is 0. The van der Waals surface area contributed by atoms with Crippen LogP contribution in [0.15, 0.2) is 48.6 Å². The van der Waals surface area contributed by atoms with Gasteiger partial charge in [-0.25, -0.2) is 4.39 Å². The molecule has 1 aliphatic carbocycles. The largest absolute Gasteiger partial charge is 0.375 e. The number of fused-ring (bicyclic) bond motifs is 3. The molecule has 1 nitrogen and oxygen atoms in total. The molecule has 4 rings (SSSR count). The minimum atomic E-state index is -0.223. The summed E-state index contributed by atoms with van der Waals surface area (Å²) < 4.78 is 14.3. The van der Waals surface area contributed by atoms with Crippen molar-refractivity contribution in [3.63, 3.8) is 0 Å². The van der Waals surface area contributed by atoms with Crippen molar-refractivity contribution < 1.29 is 4.39 Å². The Balaban J connectivity index is 1.86. The molecule has 112 valence electrons. The van der Waals surface area contributed by atoms with Crippen molar-refractivity contribution in [1.29, 1.82) is 0 Å². The van der Waals surface area contributed by atoms with E-state index in [1.165, 1.54) is 6.07 Å². The number of halogens is 3. The third-order valence-corrected chi connectivity index (χ3v) is 5.50. The van der Waals surface area contributed by atoms with Crippen molar-refractivity contribution in [2.24, 2.45) is 5.92 Å². The first kappa shape index (κ1) is 14.1. The van der Waals surface area contributed by atoms with Crippen LogP contribution in [-0.4, -0.2) is 0 Å². The van der Waals surface area contributed by atoms with Crippen LogP contribution in [0.3, 0.4) is 0 Å². The zero-order valence-electron chi connectivity index (χ0n) is 11.7. The van der Waals surface area contributed by atoms with E-state index < -0.39 is 0 Å². The van der Waals surface area contributed by atoms with E-state index in [2.05, 4.69) is 17.5 Å². The second-order valence-electron chi connectivity index (χ2n) is 5.82. The summed E-state index contributed by atoms with van der Waals surface area (Å²) in [6.07, 6.45) is 5.29. The average Bonchev–Trinajstić information content (AvgIpc) is 3.00. The molecule has 0 fully saturated rings. The topological polar surface area (TPSA) is 12.0 Å². The molecule has 1 aliphatic heterocycles. The van der Waals surface area contributed by atoms with Crippen molar-refractivity contribution in [2.45, 2.75) is 18.4 Å². The fraction of sp³-hybridized carbons (Fsp3) is 0.222. The summed E-state index contributed by atoms with van der Waals surface area (Å²) in [4.78, 5) is 0. The van der Waals surface area contributed by atoms with Crippen molar-refractivity contribution in [2.75, 3.05) is 5.32 Å². The van der Waals surface area contributed by atoms with E-state index in [0.717, 1.165) is 17.5 Å². The quantitative estimate of drug-likeness (QED) is 0.635. The Hall–Kier alpha value is -1.51. The number of hydrogen-bond donors (Lipinski definition) is 1. The second kappa shape index (κ2) is 5.29. The lowest BCUT2D eigenvalue weighted by Gasteiger charge is -2.38.